The van der Waals surface area contributed by atoms with E-state index in [0.717, 1.165) is 31.4 Å². The third-order valence-corrected chi connectivity index (χ3v) is 1.70. The van der Waals surface area contributed by atoms with Gasteiger partial charge in [0.25, 0.3) is 0 Å². The van der Waals surface area contributed by atoms with Crippen LogP contribution < -0.4 is 5.73 Å². The molecule has 0 unspecified atom stereocenters. The van der Waals surface area contributed by atoms with Crippen LogP contribution in [0.15, 0.2) is 4.99 Å². The molecule has 56 valence electrons. The van der Waals surface area contributed by atoms with E-state index in [1.807, 2.05) is 0 Å². The van der Waals surface area contributed by atoms with Crippen molar-refractivity contribution in [2.45, 2.75) is 32.1 Å². The second-order valence-corrected chi connectivity index (χ2v) is 2.58. The van der Waals surface area contributed by atoms with Crippen molar-refractivity contribution < 1.29 is 4.79 Å². The Kier molecular flexibility index (Phi) is 2.42. The second kappa shape index (κ2) is 3.34. The number of carbonyl (C=O) groups excluding carboxylic acids is 1. The van der Waals surface area contributed by atoms with Crippen LogP contribution in [0.25, 0.3) is 0 Å². The molecule has 0 spiro atoms. The lowest BCUT2D eigenvalue weighted by atomic mass is 9.99. The lowest BCUT2D eigenvalue weighted by molar-refractivity contribution is 0.256. The van der Waals surface area contributed by atoms with Crippen LogP contribution in [0.1, 0.15) is 32.1 Å². The number of primary amides is 1. The van der Waals surface area contributed by atoms with E-state index < -0.39 is 6.03 Å². The molecule has 2 N–H and O–H groups in total. The van der Waals surface area contributed by atoms with Gasteiger partial charge in [-0.25, -0.2) is 9.79 Å². The average molecular weight is 140 g/mol. The molecule has 10 heavy (non-hydrogen) atoms. The van der Waals surface area contributed by atoms with Crippen LogP contribution in [-0.2, 0) is 0 Å². The monoisotopic (exact) mass is 140 g/mol. The number of aliphatic imine (C=N–C) groups is 1. The third-order valence-electron chi connectivity index (χ3n) is 1.70. The summed E-state index contributed by atoms with van der Waals surface area (Å²) >= 11 is 0. The summed E-state index contributed by atoms with van der Waals surface area (Å²) in [4.78, 5) is 14.0. The first-order valence-corrected chi connectivity index (χ1v) is 3.65. The summed E-state index contributed by atoms with van der Waals surface area (Å²) in [6.07, 6.45) is 5.50. The van der Waals surface area contributed by atoms with Crippen molar-refractivity contribution in [2.24, 2.45) is 10.7 Å². The minimum absolute atomic E-state index is 0.545. The van der Waals surface area contributed by atoms with Gasteiger partial charge in [0.05, 0.1) is 0 Å². The topological polar surface area (TPSA) is 55.5 Å². The van der Waals surface area contributed by atoms with Gasteiger partial charge in [-0.05, 0) is 25.7 Å². The summed E-state index contributed by atoms with van der Waals surface area (Å²) in [5.74, 6) is 0. The molecule has 0 aromatic carbocycles. The van der Waals surface area contributed by atoms with Crippen LogP contribution in [0.5, 0.6) is 0 Å². The Hall–Kier alpha value is -0.860. The lowest BCUT2D eigenvalue weighted by Gasteiger charge is -2.10. The minimum Gasteiger partial charge on any atom is -0.350 e. The van der Waals surface area contributed by atoms with Crippen molar-refractivity contribution in [1.82, 2.24) is 0 Å². The molecule has 0 heterocycles. The van der Waals surface area contributed by atoms with Gasteiger partial charge >= 0.3 is 6.03 Å². The lowest BCUT2D eigenvalue weighted by Crippen LogP contribution is -2.12. The molecule has 0 aromatic rings. The molecule has 1 aliphatic carbocycles. The maximum absolute atomic E-state index is 10.3. The molecule has 1 aliphatic rings. The van der Waals surface area contributed by atoms with Crippen molar-refractivity contribution in [1.29, 1.82) is 0 Å². The zero-order chi connectivity index (χ0) is 7.40. The Morgan fingerprint density at radius 2 is 1.90 bits per heavy atom. The molecular formula is C7H12N2O. The highest BCUT2D eigenvalue weighted by Crippen LogP contribution is 2.14. The maximum atomic E-state index is 10.3. The molecule has 1 rings (SSSR count). The highest BCUT2D eigenvalue weighted by Gasteiger charge is 2.06. The van der Waals surface area contributed by atoms with Gasteiger partial charge in [-0.2, -0.15) is 0 Å². The highest BCUT2D eigenvalue weighted by atomic mass is 16.2. The maximum Gasteiger partial charge on any atom is 0.338 e. The van der Waals surface area contributed by atoms with E-state index in [2.05, 4.69) is 4.99 Å². The standard InChI is InChI=1S/C7H12N2O/c8-7(10)9-6-4-2-1-3-5-6/h1-5H2,(H2,8,10). The molecule has 0 aliphatic heterocycles. The smallest absolute Gasteiger partial charge is 0.338 e. The van der Waals surface area contributed by atoms with Gasteiger partial charge in [-0.3, -0.25) is 0 Å². The fourth-order valence-electron chi connectivity index (χ4n) is 1.23. The van der Waals surface area contributed by atoms with Crippen molar-refractivity contribution in [2.75, 3.05) is 0 Å². The first-order valence-electron chi connectivity index (χ1n) is 3.65. The van der Waals surface area contributed by atoms with Gasteiger partial charge in [-0.1, -0.05) is 6.42 Å². The number of rotatable bonds is 0. The van der Waals surface area contributed by atoms with Crippen LogP contribution in [-0.4, -0.2) is 11.7 Å². The molecule has 0 aromatic heterocycles. The predicted octanol–water partition coefficient (Wildman–Crippen LogP) is 1.47. The van der Waals surface area contributed by atoms with Gasteiger partial charge in [0.2, 0.25) is 0 Å². The molecule has 3 nitrogen and oxygen atoms in total. The van der Waals surface area contributed by atoms with E-state index >= 15 is 0 Å². The predicted molar refractivity (Wildman–Crippen MR) is 40.1 cm³/mol. The summed E-state index contributed by atoms with van der Waals surface area (Å²) in [5, 5.41) is 0. The number of amides is 2. The van der Waals surface area contributed by atoms with Crippen molar-refractivity contribution in [3.8, 4) is 0 Å². The van der Waals surface area contributed by atoms with E-state index in [4.69, 9.17) is 5.73 Å². The SMILES string of the molecule is NC(=O)N=C1CCCCC1. The number of nitrogens with zero attached hydrogens (tertiary/aromatic N) is 1. The Morgan fingerprint density at radius 1 is 1.30 bits per heavy atom. The molecule has 0 saturated heterocycles. The van der Waals surface area contributed by atoms with Crippen molar-refractivity contribution in [3.05, 3.63) is 0 Å². The summed E-state index contributed by atoms with van der Waals surface area (Å²) in [6, 6.07) is -0.545. The summed E-state index contributed by atoms with van der Waals surface area (Å²) < 4.78 is 0. The fraction of sp³-hybridized carbons (Fsp3) is 0.714. The molecule has 3 heteroatoms. The largest absolute Gasteiger partial charge is 0.350 e. The highest BCUT2D eigenvalue weighted by molar-refractivity contribution is 5.94. The van der Waals surface area contributed by atoms with E-state index in [1.165, 1.54) is 6.42 Å². The summed E-state index contributed by atoms with van der Waals surface area (Å²) in [7, 11) is 0. The quantitative estimate of drug-likeness (QED) is 0.544. The van der Waals surface area contributed by atoms with E-state index in [0.29, 0.717) is 0 Å². The Bertz CT molecular complexity index is 155. The van der Waals surface area contributed by atoms with Gasteiger partial charge in [0, 0.05) is 5.71 Å². The number of hydrogen-bond donors (Lipinski definition) is 1. The van der Waals surface area contributed by atoms with E-state index in [-0.39, 0.29) is 0 Å². The average Bonchev–Trinajstić information content (AvgIpc) is 1.88. The number of urea groups is 1. The fourth-order valence-corrected chi connectivity index (χ4v) is 1.23. The van der Waals surface area contributed by atoms with Crippen LogP contribution in [0.2, 0.25) is 0 Å². The van der Waals surface area contributed by atoms with Crippen molar-refractivity contribution >= 4 is 11.7 Å². The minimum atomic E-state index is -0.545. The second-order valence-electron chi connectivity index (χ2n) is 2.58. The molecule has 0 bridgehead atoms. The molecule has 0 atom stereocenters. The normalized spacial score (nSPS) is 18.6. The zero-order valence-electron chi connectivity index (χ0n) is 5.97. The summed E-state index contributed by atoms with van der Waals surface area (Å²) in [5.41, 5.74) is 5.88. The van der Waals surface area contributed by atoms with Crippen LogP contribution >= 0.6 is 0 Å². The number of carbonyl (C=O) groups is 1. The van der Waals surface area contributed by atoms with E-state index in [9.17, 15) is 4.79 Å². The van der Waals surface area contributed by atoms with Crippen molar-refractivity contribution in [3.63, 3.8) is 0 Å². The molecule has 1 saturated carbocycles. The van der Waals surface area contributed by atoms with Gasteiger partial charge in [0.1, 0.15) is 0 Å². The van der Waals surface area contributed by atoms with Gasteiger partial charge < -0.3 is 5.73 Å². The van der Waals surface area contributed by atoms with Crippen LogP contribution in [0.4, 0.5) is 4.79 Å². The van der Waals surface area contributed by atoms with Crippen LogP contribution in [0, 0.1) is 0 Å². The number of hydrogen-bond acceptors (Lipinski definition) is 1. The van der Waals surface area contributed by atoms with Gasteiger partial charge in [0.15, 0.2) is 0 Å². The molecule has 1 fully saturated rings. The molecule has 0 radical (unpaired) electrons. The van der Waals surface area contributed by atoms with E-state index in [1.54, 1.807) is 0 Å². The third kappa shape index (κ3) is 2.17. The Labute approximate surface area is 60.3 Å². The Morgan fingerprint density at radius 3 is 2.40 bits per heavy atom. The Balaban J connectivity index is 2.45. The first kappa shape index (κ1) is 7.25. The molecule has 2 amide bonds. The first-order chi connectivity index (χ1) is 4.79. The zero-order valence-corrected chi connectivity index (χ0v) is 5.97. The summed E-state index contributed by atoms with van der Waals surface area (Å²) in [6.45, 7) is 0. The number of nitrogens with two attached hydrogens (primary N) is 1. The van der Waals surface area contributed by atoms with Gasteiger partial charge in [-0.15, -0.1) is 0 Å². The van der Waals surface area contributed by atoms with Crippen LogP contribution in [0.3, 0.4) is 0 Å². The molecular weight excluding hydrogens is 128 g/mol.